The number of rotatable bonds is 2. The van der Waals surface area contributed by atoms with E-state index in [0.29, 0.717) is 18.8 Å². The van der Waals surface area contributed by atoms with Crippen LogP contribution < -0.4 is 11.1 Å². The number of hydrogen-bond donors (Lipinski definition) is 2. The summed E-state index contributed by atoms with van der Waals surface area (Å²) in [6.07, 6.45) is 0. The van der Waals surface area contributed by atoms with Crippen molar-refractivity contribution in [1.29, 1.82) is 0 Å². The lowest BCUT2D eigenvalue weighted by atomic mass is 10.0. The van der Waals surface area contributed by atoms with E-state index < -0.39 is 10.0 Å². The summed E-state index contributed by atoms with van der Waals surface area (Å²) in [5.41, 5.74) is 7.34. The van der Waals surface area contributed by atoms with Gasteiger partial charge in [-0.3, -0.25) is 4.79 Å². The first kappa shape index (κ1) is 14.5. The third-order valence-electron chi connectivity index (χ3n) is 4.42. The van der Waals surface area contributed by atoms with Crippen LogP contribution in [0.15, 0.2) is 23.1 Å². The lowest BCUT2D eigenvalue weighted by molar-refractivity contribution is -0.116. The summed E-state index contributed by atoms with van der Waals surface area (Å²) in [5.74, 6) is -0.275. The fourth-order valence-electron chi connectivity index (χ4n) is 2.85. The van der Waals surface area contributed by atoms with Gasteiger partial charge in [0.25, 0.3) is 0 Å². The Kier molecular flexibility index (Phi) is 3.31. The van der Waals surface area contributed by atoms with Crippen LogP contribution >= 0.6 is 0 Å². The summed E-state index contributed by atoms with van der Waals surface area (Å²) in [4.78, 5) is 11.9. The van der Waals surface area contributed by atoms with Gasteiger partial charge in [0.2, 0.25) is 15.9 Å². The highest BCUT2D eigenvalue weighted by molar-refractivity contribution is 7.89. The van der Waals surface area contributed by atoms with Crippen LogP contribution in [0.4, 0.5) is 5.69 Å². The van der Waals surface area contributed by atoms with Crippen molar-refractivity contribution < 1.29 is 13.2 Å². The van der Waals surface area contributed by atoms with E-state index in [4.69, 9.17) is 5.73 Å². The van der Waals surface area contributed by atoms with E-state index in [1.54, 1.807) is 25.1 Å². The van der Waals surface area contributed by atoms with Crippen LogP contribution in [0, 0.1) is 5.92 Å². The number of anilines is 1. The quantitative estimate of drug-likeness (QED) is 0.841. The second-order valence-corrected chi connectivity index (χ2v) is 7.86. The van der Waals surface area contributed by atoms with Crippen molar-refractivity contribution in [1.82, 2.24) is 4.31 Å². The third kappa shape index (κ3) is 2.25. The van der Waals surface area contributed by atoms with Crippen LogP contribution in [0.3, 0.4) is 0 Å². The number of nitrogens with one attached hydrogen (secondary N) is 1. The molecule has 114 valence electrons. The molecule has 2 heterocycles. The molecule has 0 spiro atoms. The molecule has 1 aromatic carbocycles. The minimum absolute atomic E-state index is 0.101. The van der Waals surface area contributed by atoms with Crippen LogP contribution in [0.2, 0.25) is 0 Å². The Labute approximate surface area is 124 Å². The fraction of sp³-hybridized carbons (Fsp3) is 0.500. The predicted octanol–water partition coefficient (Wildman–Crippen LogP) is 0.710. The number of hydrogen-bond acceptors (Lipinski definition) is 4. The van der Waals surface area contributed by atoms with E-state index in [2.05, 4.69) is 5.32 Å². The third-order valence-corrected chi connectivity index (χ3v) is 6.24. The lowest BCUT2D eigenvalue weighted by Gasteiger charge is -2.17. The fourth-order valence-corrected chi connectivity index (χ4v) is 4.46. The molecule has 1 amide bonds. The Hall–Kier alpha value is -1.44. The Morgan fingerprint density at radius 2 is 2.00 bits per heavy atom. The van der Waals surface area contributed by atoms with Gasteiger partial charge in [-0.2, -0.15) is 4.31 Å². The van der Waals surface area contributed by atoms with Crippen LogP contribution in [-0.4, -0.2) is 37.8 Å². The van der Waals surface area contributed by atoms with Crippen molar-refractivity contribution in [2.75, 3.05) is 18.4 Å². The number of nitrogens with zero attached hydrogens (tertiary/aromatic N) is 1. The van der Waals surface area contributed by atoms with E-state index in [0.717, 1.165) is 5.56 Å². The maximum Gasteiger partial charge on any atom is 0.243 e. The van der Waals surface area contributed by atoms with Gasteiger partial charge < -0.3 is 11.1 Å². The minimum atomic E-state index is -3.55. The van der Waals surface area contributed by atoms with E-state index in [-0.39, 0.29) is 28.7 Å². The summed E-state index contributed by atoms with van der Waals surface area (Å²) in [6.45, 7) is 4.50. The molecule has 0 saturated carbocycles. The molecular formula is C14H19N3O3S. The van der Waals surface area contributed by atoms with Gasteiger partial charge in [0, 0.05) is 24.8 Å². The molecule has 0 aromatic heterocycles. The van der Waals surface area contributed by atoms with Crippen molar-refractivity contribution in [3.8, 4) is 0 Å². The average Bonchev–Trinajstić information content (AvgIpc) is 2.92. The SMILES string of the molecule is CC1C(=O)Nc2ccc(S(=O)(=O)N3CC(C)C(N)C3)cc21. The average molecular weight is 309 g/mol. The highest BCUT2D eigenvalue weighted by Crippen LogP contribution is 2.35. The Bertz CT molecular complexity index is 691. The van der Waals surface area contributed by atoms with Gasteiger partial charge in [0.05, 0.1) is 10.8 Å². The summed E-state index contributed by atoms with van der Waals surface area (Å²) in [5, 5.41) is 2.74. The van der Waals surface area contributed by atoms with Gasteiger partial charge in [0.15, 0.2) is 0 Å². The number of carbonyl (C=O) groups is 1. The molecule has 2 aliphatic heterocycles. The van der Waals surface area contributed by atoms with E-state index in [1.165, 1.54) is 4.31 Å². The topological polar surface area (TPSA) is 92.5 Å². The zero-order valence-corrected chi connectivity index (χ0v) is 12.9. The van der Waals surface area contributed by atoms with Crippen molar-refractivity contribution >= 4 is 21.6 Å². The largest absolute Gasteiger partial charge is 0.326 e. The van der Waals surface area contributed by atoms with E-state index in [9.17, 15) is 13.2 Å². The van der Waals surface area contributed by atoms with E-state index >= 15 is 0 Å². The molecule has 1 saturated heterocycles. The molecule has 0 bridgehead atoms. The summed E-state index contributed by atoms with van der Waals surface area (Å²) in [6, 6.07) is 4.67. The molecule has 1 fully saturated rings. The molecule has 3 atom stereocenters. The van der Waals surface area contributed by atoms with Crippen molar-refractivity contribution in [2.24, 2.45) is 11.7 Å². The maximum atomic E-state index is 12.7. The highest BCUT2D eigenvalue weighted by atomic mass is 32.2. The monoisotopic (exact) mass is 309 g/mol. The zero-order chi connectivity index (χ0) is 15.4. The van der Waals surface area contributed by atoms with Gasteiger partial charge in [0.1, 0.15) is 0 Å². The Morgan fingerprint density at radius 1 is 1.29 bits per heavy atom. The second-order valence-electron chi connectivity index (χ2n) is 5.92. The molecule has 6 nitrogen and oxygen atoms in total. The first-order chi connectivity index (χ1) is 9.80. The standard InChI is InChI=1S/C14H19N3O3S/c1-8-6-17(7-12(8)15)21(19,20)10-3-4-13-11(5-10)9(2)14(18)16-13/h3-5,8-9,12H,6-7,15H2,1-2H3,(H,16,18). The number of carbonyl (C=O) groups excluding carboxylic acids is 1. The normalized spacial score (nSPS) is 29.5. The molecule has 0 radical (unpaired) electrons. The molecule has 3 N–H and O–H groups in total. The molecular weight excluding hydrogens is 290 g/mol. The van der Waals surface area contributed by atoms with Crippen LogP contribution in [0.5, 0.6) is 0 Å². The number of sulfonamides is 1. The van der Waals surface area contributed by atoms with Crippen LogP contribution in [-0.2, 0) is 14.8 Å². The first-order valence-electron chi connectivity index (χ1n) is 7.01. The van der Waals surface area contributed by atoms with Gasteiger partial charge in [-0.1, -0.05) is 6.92 Å². The number of amides is 1. The van der Waals surface area contributed by atoms with Crippen LogP contribution in [0.25, 0.3) is 0 Å². The maximum absolute atomic E-state index is 12.7. The summed E-state index contributed by atoms with van der Waals surface area (Å²) in [7, 11) is -3.55. The van der Waals surface area contributed by atoms with Crippen LogP contribution in [0.1, 0.15) is 25.3 Å². The lowest BCUT2D eigenvalue weighted by Crippen LogP contribution is -2.32. The summed E-state index contributed by atoms with van der Waals surface area (Å²) < 4.78 is 26.8. The van der Waals surface area contributed by atoms with E-state index in [1.807, 2.05) is 6.92 Å². The van der Waals surface area contributed by atoms with Crippen molar-refractivity contribution in [2.45, 2.75) is 30.7 Å². The molecule has 2 aliphatic rings. The van der Waals surface area contributed by atoms with Gasteiger partial charge in [-0.15, -0.1) is 0 Å². The van der Waals surface area contributed by atoms with Gasteiger partial charge in [-0.25, -0.2) is 8.42 Å². The van der Waals surface area contributed by atoms with Crippen molar-refractivity contribution in [3.63, 3.8) is 0 Å². The minimum Gasteiger partial charge on any atom is -0.326 e. The second kappa shape index (κ2) is 4.79. The Balaban J connectivity index is 1.96. The molecule has 7 heteroatoms. The molecule has 21 heavy (non-hydrogen) atoms. The predicted molar refractivity (Wildman–Crippen MR) is 79.4 cm³/mol. The summed E-state index contributed by atoms with van der Waals surface area (Å²) >= 11 is 0. The number of nitrogens with two attached hydrogens (primary N) is 1. The molecule has 1 aromatic rings. The highest BCUT2D eigenvalue weighted by Gasteiger charge is 2.36. The zero-order valence-electron chi connectivity index (χ0n) is 12.0. The van der Waals surface area contributed by atoms with Gasteiger partial charge in [-0.05, 0) is 36.6 Å². The smallest absolute Gasteiger partial charge is 0.243 e. The van der Waals surface area contributed by atoms with Gasteiger partial charge >= 0.3 is 0 Å². The number of fused-ring (bicyclic) bond motifs is 1. The molecule has 0 aliphatic carbocycles. The molecule has 3 rings (SSSR count). The Morgan fingerprint density at radius 3 is 2.62 bits per heavy atom. The molecule has 3 unspecified atom stereocenters. The first-order valence-corrected chi connectivity index (χ1v) is 8.45. The van der Waals surface area contributed by atoms with Crippen molar-refractivity contribution in [3.05, 3.63) is 23.8 Å². The number of benzene rings is 1.